The van der Waals surface area contributed by atoms with Gasteiger partial charge in [0.25, 0.3) is 0 Å². The van der Waals surface area contributed by atoms with Gasteiger partial charge in [0, 0.05) is 25.8 Å². The smallest absolute Gasteiger partial charge is 0.0621 e. The molecule has 2 unspecified atom stereocenters. The molecule has 1 N–H and O–H groups in total. The van der Waals surface area contributed by atoms with Gasteiger partial charge in [0.05, 0.1) is 6.61 Å². The highest BCUT2D eigenvalue weighted by atomic mass is 16.5. The molecule has 82 valence electrons. The van der Waals surface area contributed by atoms with Crippen molar-refractivity contribution in [2.24, 2.45) is 5.92 Å². The lowest BCUT2D eigenvalue weighted by atomic mass is 9.96. The SMILES string of the molecule is OCC1CCCN(C2CCCOC2)C1. The third-order valence-electron chi connectivity index (χ3n) is 3.46. The molecule has 2 aliphatic rings. The largest absolute Gasteiger partial charge is 0.396 e. The normalized spacial score (nSPS) is 35.8. The predicted molar refractivity (Wildman–Crippen MR) is 55.2 cm³/mol. The number of piperidine rings is 1. The van der Waals surface area contributed by atoms with Crippen molar-refractivity contribution >= 4 is 0 Å². The van der Waals surface area contributed by atoms with E-state index in [9.17, 15) is 0 Å². The first-order chi connectivity index (χ1) is 6.90. The second kappa shape index (κ2) is 5.10. The summed E-state index contributed by atoms with van der Waals surface area (Å²) in [7, 11) is 0. The van der Waals surface area contributed by atoms with E-state index < -0.39 is 0 Å². The third kappa shape index (κ3) is 2.47. The molecule has 0 amide bonds. The van der Waals surface area contributed by atoms with Crippen molar-refractivity contribution in [1.82, 2.24) is 4.90 Å². The number of nitrogens with zero attached hydrogens (tertiary/aromatic N) is 1. The van der Waals surface area contributed by atoms with E-state index in [0.29, 0.717) is 18.6 Å². The highest BCUT2D eigenvalue weighted by molar-refractivity contribution is 4.80. The Hall–Kier alpha value is -0.120. The zero-order chi connectivity index (χ0) is 9.80. The van der Waals surface area contributed by atoms with Gasteiger partial charge >= 0.3 is 0 Å². The van der Waals surface area contributed by atoms with Crippen LogP contribution in [0.3, 0.4) is 0 Å². The van der Waals surface area contributed by atoms with Gasteiger partial charge in [-0.25, -0.2) is 0 Å². The number of rotatable bonds is 2. The summed E-state index contributed by atoms with van der Waals surface area (Å²) in [6.07, 6.45) is 4.91. The number of aliphatic hydroxyl groups excluding tert-OH is 1. The molecular formula is C11H21NO2. The molecule has 2 saturated heterocycles. The molecule has 14 heavy (non-hydrogen) atoms. The topological polar surface area (TPSA) is 32.7 Å². The minimum absolute atomic E-state index is 0.351. The maximum atomic E-state index is 9.15. The summed E-state index contributed by atoms with van der Waals surface area (Å²) < 4.78 is 5.50. The van der Waals surface area contributed by atoms with Crippen molar-refractivity contribution in [2.75, 3.05) is 32.9 Å². The molecule has 2 rings (SSSR count). The quantitative estimate of drug-likeness (QED) is 0.716. The van der Waals surface area contributed by atoms with E-state index in [-0.39, 0.29) is 0 Å². The van der Waals surface area contributed by atoms with Crippen LogP contribution in [0.15, 0.2) is 0 Å². The molecule has 3 heteroatoms. The minimum Gasteiger partial charge on any atom is -0.396 e. The van der Waals surface area contributed by atoms with Gasteiger partial charge in [-0.15, -0.1) is 0 Å². The molecular weight excluding hydrogens is 178 g/mol. The predicted octanol–water partition coefficient (Wildman–Crippen LogP) is 0.870. The zero-order valence-corrected chi connectivity index (χ0v) is 8.82. The van der Waals surface area contributed by atoms with Gasteiger partial charge in [-0.05, 0) is 38.1 Å². The summed E-state index contributed by atoms with van der Waals surface area (Å²) in [6.45, 7) is 4.46. The first-order valence-corrected chi connectivity index (χ1v) is 5.83. The molecule has 0 saturated carbocycles. The van der Waals surface area contributed by atoms with Crippen LogP contribution < -0.4 is 0 Å². The molecule has 0 aromatic carbocycles. The number of likely N-dealkylation sites (tertiary alicyclic amines) is 1. The van der Waals surface area contributed by atoms with E-state index in [2.05, 4.69) is 4.90 Å². The van der Waals surface area contributed by atoms with Crippen LogP contribution in [0.2, 0.25) is 0 Å². The highest BCUT2D eigenvalue weighted by Crippen LogP contribution is 2.21. The average Bonchev–Trinajstić information content (AvgIpc) is 2.30. The van der Waals surface area contributed by atoms with E-state index in [1.165, 1.54) is 32.2 Å². The van der Waals surface area contributed by atoms with Crippen LogP contribution in [0.5, 0.6) is 0 Å². The van der Waals surface area contributed by atoms with Crippen molar-refractivity contribution in [3.63, 3.8) is 0 Å². The van der Waals surface area contributed by atoms with E-state index in [1.54, 1.807) is 0 Å². The van der Waals surface area contributed by atoms with Crippen molar-refractivity contribution in [1.29, 1.82) is 0 Å². The Morgan fingerprint density at radius 2 is 2.21 bits per heavy atom. The van der Waals surface area contributed by atoms with E-state index in [0.717, 1.165) is 19.8 Å². The maximum Gasteiger partial charge on any atom is 0.0621 e. The van der Waals surface area contributed by atoms with Crippen molar-refractivity contribution < 1.29 is 9.84 Å². The Bertz CT molecular complexity index is 169. The van der Waals surface area contributed by atoms with E-state index in [1.807, 2.05) is 0 Å². The van der Waals surface area contributed by atoms with Crippen LogP contribution >= 0.6 is 0 Å². The van der Waals surface area contributed by atoms with Crippen LogP contribution in [0, 0.1) is 5.92 Å². The zero-order valence-electron chi connectivity index (χ0n) is 8.82. The first-order valence-electron chi connectivity index (χ1n) is 5.83. The molecule has 2 atom stereocenters. The number of hydrogen-bond donors (Lipinski definition) is 1. The number of ether oxygens (including phenoxy) is 1. The molecule has 0 aromatic rings. The average molecular weight is 199 g/mol. The van der Waals surface area contributed by atoms with Gasteiger partial charge in [-0.2, -0.15) is 0 Å². The second-order valence-corrected chi connectivity index (χ2v) is 4.56. The molecule has 0 aromatic heterocycles. The van der Waals surface area contributed by atoms with Crippen LogP contribution in [-0.2, 0) is 4.74 Å². The second-order valence-electron chi connectivity index (χ2n) is 4.56. The molecule has 0 spiro atoms. The van der Waals surface area contributed by atoms with Gasteiger partial charge in [0.1, 0.15) is 0 Å². The van der Waals surface area contributed by atoms with E-state index in [4.69, 9.17) is 9.84 Å². The number of hydrogen-bond acceptors (Lipinski definition) is 3. The Morgan fingerprint density at radius 1 is 1.29 bits per heavy atom. The molecule has 2 heterocycles. The Kier molecular flexibility index (Phi) is 3.79. The Balaban J connectivity index is 1.83. The summed E-state index contributed by atoms with van der Waals surface area (Å²) in [5.74, 6) is 0.505. The minimum atomic E-state index is 0.351. The van der Waals surface area contributed by atoms with Crippen LogP contribution in [-0.4, -0.2) is 49.0 Å². The Morgan fingerprint density at radius 3 is 2.93 bits per heavy atom. The van der Waals surface area contributed by atoms with Gasteiger partial charge < -0.3 is 9.84 Å². The first kappa shape index (κ1) is 10.4. The van der Waals surface area contributed by atoms with Crippen molar-refractivity contribution in [3.8, 4) is 0 Å². The van der Waals surface area contributed by atoms with Gasteiger partial charge in [-0.1, -0.05) is 0 Å². The lowest BCUT2D eigenvalue weighted by Gasteiger charge is -2.39. The van der Waals surface area contributed by atoms with Gasteiger partial charge in [-0.3, -0.25) is 4.90 Å². The summed E-state index contributed by atoms with van der Waals surface area (Å²) in [6, 6.07) is 0.623. The van der Waals surface area contributed by atoms with Crippen LogP contribution in [0.1, 0.15) is 25.7 Å². The molecule has 2 fully saturated rings. The Labute approximate surface area is 86.0 Å². The summed E-state index contributed by atoms with van der Waals surface area (Å²) in [5, 5.41) is 9.15. The van der Waals surface area contributed by atoms with Crippen LogP contribution in [0.25, 0.3) is 0 Å². The summed E-state index contributed by atoms with van der Waals surface area (Å²) >= 11 is 0. The lowest BCUT2D eigenvalue weighted by molar-refractivity contribution is -0.00417. The molecule has 0 bridgehead atoms. The summed E-state index contributed by atoms with van der Waals surface area (Å²) in [5.41, 5.74) is 0. The molecule has 2 aliphatic heterocycles. The van der Waals surface area contributed by atoms with Crippen LogP contribution in [0.4, 0.5) is 0 Å². The van der Waals surface area contributed by atoms with Crippen molar-refractivity contribution in [3.05, 3.63) is 0 Å². The fraction of sp³-hybridized carbons (Fsp3) is 1.00. The van der Waals surface area contributed by atoms with Crippen molar-refractivity contribution in [2.45, 2.75) is 31.7 Å². The lowest BCUT2D eigenvalue weighted by Crippen LogP contribution is -2.47. The van der Waals surface area contributed by atoms with Gasteiger partial charge in [0.2, 0.25) is 0 Å². The summed E-state index contributed by atoms with van der Waals surface area (Å²) in [4.78, 5) is 2.52. The number of aliphatic hydroxyl groups is 1. The monoisotopic (exact) mass is 199 g/mol. The highest BCUT2D eigenvalue weighted by Gasteiger charge is 2.26. The molecule has 0 aliphatic carbocycles. The molecule has 0 radical (unpaired) electrons. The standard InChI is InChI=1S/C11H21NO2/c13-8-10-3-1-5-12(7-10)11-4-2-6-14-9-11/h10-11,13H,1-9H2. The third-order valence-corrected chi connectivity index (χ3v) is 3.46. The molecule has 3 nitrogen and oxygen atoms in total. The van der Waals surface area contributed by atoms with E-state index >= 15 is 0 Å². The van der Waals surface area contributed by atoms with Gasteiger partial charge in [0.15, 0.2) is 0 Å². The fourth-order valence-corrected chi connectivity index (χ4v) is 2.59. The fourth-order valence-electron chi connectivity index (χ4n) is 2.59. The maximum absolute atomic E-state index is 9.15.